The Morgan fingerprint density at radius 2 is 2.24 bits per heavy atom. The second-order valence-electron chi connectivity index (χ2n) is 3.83. The number of aliphatic hydroxyl groups excluding tert-OH is 1. The summed E-state index contributed by atoms with van der Waals surface area (Å²) < 4.78 is 41.8. The van der Waals surface area contributed by atoms with Crippen LogP contribution in [0.25, 0.3) is 0 Å². The summed E-state index contributed by atoms with van der Waals surface area (Å²) in [4.78, 5) is 11.7. The Bertz CT molecular complexity index is 427. The Morgan fingerprint density at radius 3 is 2.88 bits per heavy atom. The number of fused-ring (bicyclic) bond motifs is 1. The summed E-state index contributed by atoms with van der Waals surface area (Å²) in [5.41, 5.74) is 0.447. The number of halogens is 3. The van der Waals surface area contributed by atoms with Crippen molar-refractivity contribution in [2.75, 3.05) is 6.54 Å². The van der Waals surface area contributed by atoms with Crippen LogP contribution in [0.15, 0.2) is 16.7 Å². The molecular formula is C10H10F3NO3. The maximum Gasteiger partial charge on any atom is 0.471 e. The van der Waals surface area contributed by atoms with E-state index < -0.39 is 18.2 Å². The van der Waals surface area contributed by atoms with E-state index in [2.05, 4.69) is 0 Å². The van der Waals surface area contributed by atoms with Gasteiger partial charge in [0.1, 0.15) is 5.76 Å². The highest BCUT2D eigenvalue weighted by atomic mass is 19.4. The minimum atomic E-state index is -4.90. The number of amides is 1. The number of aliphatic hydroxyl groups is 1. The molecule has 7 heteroatoms. The molecule has 17 heavy (non-hydrogen) atoms. The molecule has 1 amide bonds. The predicted octanol–water partition coefficient (Wildman–Crippen LogP) is 1.61. The largest absolute Gasteiger partial charge is 0.471 e. The summed E-state index contributed by atoms with van der Waals surface area (Å²) in [6.45, 7) is -0.415. The zero-order valence-corrected chi connectivity index (χ0v) is 8.70. The summed E-state index contributed by atoms with van der Waals surface area (Å²) in [5, 5.41) is 9.65. The molecule has 4 nitrogen and oxygen atoms in total. The first-order valence-electron chi connectivity index (χ1n) is 5.00. The molecule has 0 aromatic carbocycles. The number of carbonyl (C=O) groups excluding carboxylic acids is 1. The molecule has 1 aliphatic heterocycles. The molecule has 94 valence electrons. The molecular weight excluding hydrogens is 239 g/mol. The van der Waals surface area contributed by atoms with E-state index in [0.29, 0.717) is 10.5 Å². The zero-order valence-electron chi connectivity index (χ0n) is 8.70. The molecule has 1 aromatic heterocycles. The summed E-state index contributed by atoms with van der Waals surface area (Å²) >= 11 is 0. The minimum Gasteiger partial charge on any atom is -0.467 e. The summed E-state index contributed by atoms with van der Waals surface area (Å²) in [7, 11) is 0. The molecule has 0 aliphatic carbocycles. The quantitative estimate of drug-likeness (QED) is 0.760. The van der Waals surface area contributed by atoms with Crippen LogP contribution in [0.4, 0.5) is 13.2 Å². The molecule has 0 unspecified atom stereocenters. The number of hydrogen-bond acceptors (Lipinski definition) is 3. The van der Waals surface area contributed by atoms with Crippen LogP contribution < -0.4 is 0 Å². The van der Waals surface area contributed by atoms with Crippen LogP contribution >= 0.6 is 0 Å². The molecule has 0 saturated carbocycles. The number of furan rings is 1. The van der Waals surface area contributed by atoms with E-state index in [4.69, 9.17) is 4.42 Å². The SMILES string of the molecule is O=C(N1CC[C@H](O)c2ccoc2C1)C(F)(F)F. The van der Waals surface area contributed by atoms with Gasteiger partial charge in [-0.1, -0.05) is 0 Å². The van der Waals surface area contributed by atoms with E-state index in [1.54, 1.807) is 0 Å². The van der Waals surface area contributed by atoms with E-state index in [1.165, 1.54) is 12.3 Å². The van der Waals surface area contributed by atoms with Gasteiger partial charge in [0.15, 0.2) is 0 Å². The standard InChI is InChI=1S/C10H10F3NO3/c11-10(12,13)9(16)14-3-1-7(15)6-2-4-17-8(6)5-14/h2,4,7,15H,1,3,5H2/t7-/m0/s1. The Labute approximate surface area is 94.6 Å². The fourth-order valence-corrected chi connectivity index (χ4v) is 1.81. The number of hydrogen-bond donors (Lipinski definition) is 1. The van der Waals surface area contributed by atoms with Crippen LogP contribution in [0, 0.1) is 0 Å². The molecule has 1 atom stereocenters. The lowest BCUT2D eigenvalue weighted by Crippen LogP contribution is -2.40. The van der Waals surface area contributed by atoms with Crippen molar-refractivity contribution in [3.63, 3.8) is 0 Å². The smallest absolute Gasteiger partial charge is 0.467 e. The average molecular weight is 249 g/mol. The maximum atomic E-state index is 12.3. The fraction of sp³-hybridized carbons (Fsp3) is 0.500. The third-order valence-electron chi connectivity index (χ3n) is 2.68. The lowest BCUT2D eigenvalue weighted by atomic mass is 10.1. The average Bonchev–Trinajstić information content (AvgIpc) is 2.64. The van der Waals surface area contributed by atoms with Gasteiger partial charge in [-0.2, -0.15) is 13.2 Å². The third-order valence-corrected chi connectivity index (χ3v) is 2.68. The van der Waals surface area contributed by atoms with Gasteiger partial charge in [0, 0.05) is 12.1 Å². The van der Waals surface area contributed by atoms with Crippen molar-refractivity contribution in [2.45, 2.75) is 25.2 Å². The Hall–Kier alpha value is -1.50. The van der Waals surface area contributed by atoms with Crippen molar-refractivity contribution in [1.29, 1.82) is 0 Å². The number of rotatable bonds is 0. The highest BCUT2D eigenvalue weighted by Gasteiger charge is 2.43. The van der Waals surface area contributed by atoms with Gasteiger partial charge >= 0.3 is 12.1 Å². The molecule has 0 radical (unpaired) electrons. The first-order chi connectivity index (χ1) is 7.89. The van der Waals surface area contributed by atoms with Crippen LogP contribution in [0.1, 0.15) is 23.8 Å². The van der Waals surface area contributed by atoms with Crippen LogP contribution in [-0.4, -0.2) is 28.6 Å². The van der Waals surface area contributed by atoms with Crippen LogP contribution in [-0.2, 0) is 11.3 Å². The maximum absolute atomic E-state index is 12.3. The zero-order chi connectivity index (χ0) is 12.6. The molecule has 1 N–H and O–H groups in total. The monoisotopic (exact) mass is 249 g/mol. The first kappa shape index (κ1) is 12.0. The van der Waals surface area contributed by atoms with Crippen molar-refractivity contribution in [3.05, 3.63) is 23.7 Å². The number of carbonyl (C=O) groups is 1. The number of nitrogens with zero attached hydrogens (tertiary/aromatic N) is 1. The predicted molar refractivity (Wildman–Crippen MR) is 49.8 cm³/mol. The van der Waals surface area contributed by atoms with Gasteiger partial charge in [-0.05, 0) is 12.5 Å². The minimum absolute atomic E-state index is 0.0638. The summed E-state index contributed by atoms with van der Waals surface area (Å²) in [6, 6.07) is 1.50. The fourth-order valence-electron chi connectivity index (χ4n) is 1.81. The third kappa shape index (κ3) is 2.28. The molecule has 1 aromatic rings. The molecule has 1 aliphatic rings. The molecule has 2 heterocycles. The van der Waals surface area contributed by atoms with Crippen molar-refractivity contribution in [1.82, 2.24) is 4.90 Å². The second-order valence-corrected chi connectivity index (χ2v) is 3.83. The normalized spacial score (nSPS) is 20.9. The van der Waals surface area contributed by atoms with E-state index in [0.717, 1.165) is 0 Å². The molecule has 0 saturated heterocycles. The first-order valence-corrected chi connectivity index (χ1v) is 5.00. The molecule has 0 spiro atoms. The summed E-state index contributed by atoms with van der Waals surface area (Å²) in [6.07, 6.45) is -4.44. The van der Waals surface area contributed by atoms with Crippen molar-refractivity contribution < 1.29 is 27.5 Å². The lowest BCUT2D eigenvalue weighted by molar-refractivity contribution is -0.186. The van der Waals surface area contributed by atoms with Gasteiger partial charge in [0.05, 0.1) is 18.9 Å². The second kappa shape index (κ2) is 4.06. The molecule has 0 fully saturated rings. The molecule has 2 rings (SSSR count). The van der Waals surface area contributed by atoms with Crippen LogP contribution in [0.5, 0.6) is 0 Å². The number of alkyl halides is 3. The van der Waals surface area contributed by atoms with E-state index in [1.807, 2.05) is 0 Å². The lowest BCUT2D eigenvalue weighted by Gasteiger charge is -2.21. The van der Waals surface area contributed by atoms with Gasteiger partial charge in [0.2, 0.25) is 0 Å². The van der Waals surface area contributed by atoms with E-state index in [9.17, 15) is 23.1 Å². The highest BCUT2D eigenvalue weighted by Crippen LogP contribution is 2.29. The van der Waals surface area contributed by atoms with Crippen molar-refractivity contribution >= 4 is 5.91 Å². The van der Waals surface area contributed by atoms with Gasteiger partial charge in [-0.3, -0.25) is 4.79 Å². The Kier molecular flexibility index (Phi) is 2.86. The molecule has 0 bridgehead atoms. The van der Waals surface area contributed by atoms with Crippen molar-refractivity contribution in [2.24, 2.45) is 0 Å². The Balaban J connectivity index is 2.23. The highest BCUT2D eigenvalue weighted by molar-refractivity contribution is 5.81. The Morgan fingerprint density at radius 1 is 1.53 bits per heavy atom. The van der Waals surface area contributed by atoms with Crippen LogP contribution in [0.3, 0.4) is 0 Å². The topological polar surface area (TPSA) is 53.7 Å². The van der Waals surface area contributed by atoms with E-state index >= 15 is 0 Å². The van der Waals surface area contributed by atoms with Crippen LogP contribution in [0.2, 0.25) is 0 Å². The van der Waals surface area contributed by atoms with Gasteiger partial charge in [-0.25, -0.2) is 0 Å². The van der Waals surface area contributed by atoms with Crippen molar-refractivity contribution in [3.8, 4) is 0 Å². The van der Waals surface area contributed by atoms with Gasteiger partial charge in [-0.15, -0.1) is 0 Å². The van der Waals surface area contributed by atoms with E-state index in [-0.39, 0.29) is 25.3 Å². The summed E-state index contributed by atoms with van der Waals surface area (Å²) in [5.74, 6) is -1.71. The van der Waals surface area contributed by atoms with Gasteiger partial charge in [0.25, 0.3) is 0 Å². The van der Waals surface area contributed by atoms with Gasteiger partial charge < -0.3 is 14.4 Å².